The van der Waals surface area contributed by atoms with E-state index < -0.39 is 20.8 Å². The van der Waals surface area contributed by atoms with Gasteiger partial charge < -0.3 is 5.11 Å². The van der Waals surface area contributed by atoms with Crippen molar-refractivity contribution in [3.63, 3.8) is 0 Å². The second kappa shape index (κ2) is 4.63. The third kappa shape index (κ3) is 3.46. The summed E-state index contributed by atoms with van der Waals surface area (Å²) in [7, 11) is -4.36. The van der Waals surface area contributed by atoms with E-state index in [-0.39, 0.29) is 34.6 Å². The van der Waals surface area contributed by atoms with Crippen LogP contribution in [-0.4, -0.2) is 47.6 Å². The van der Waals surface area contributed by atoms with E-state index in [1.54, 1.807) is 0 Å². The van der Waals surface area contributed by atoms with Crippen molar-refractivity contribution in [1.82, 2.24) is 0 Å². The number of phenolic OH excluding ortho intramolecular Hbond substituents is 1. The molecule has 1 aromatic rings. The van der Waals surface area contributed by atoms with Crippen molar-refractivity contribution >= 4 is 51.3 Å². The zero-order valence-electron chi connectivity index (χ0n) is 6.73. The maximum Gasteiger partial charge on any atom is 0.298 e. The Morgan fingerprint density at radius 1 is 1.31 bits per heavy atom. The van der Waals surface area contributed by atoms with E-state index in [2.05, 4.69) is 0 Å². The minimum atomic E-state index is -4.36. The van der Waals surface area contributed by atoms with Gasteiger partial charge in [0.25, 0.3) is 10.1 Å². The third-order valence-corrected chi connectivity index (χ3v) is 2.34. The van der Waals surface area contributed by atoms with Crippen molar-refractivity contribution in [1.29, 1.82) is 0 Å². The molecule has 0 atom stereocenters. The number of benzene rings is 1. The molecular formula is C6H5ClNaO4S. The number of hydrogen-bond donors (Lipinski definition) is 2. The number of aromatic hydroxyl groups is 1. The van der Waals surface area contributed by atoms with Gasteiger partial charge in [0.05, 0.1) is 0 Å². The Morgan fingerprint density at radius 2 is 1.85 bits per heavy atom. The van der Waals surface area contributed by atoms with Crippen molar-refractivity contribution in [3.8, 4) is 5.75 Å². The fraction of sp³-hybridized carbons (Fsp3) is 0. The summed E-state index contributed by atoms with van der Waals surface area (Å²) in [5.41, 5.74) is 0. The van der Waals surface area contributed by atoms with E-state index in [9.17, 15) is 8.42 Å². The van der Waals surface area contributed by atoms with Crippen LogP contribution in [0.4, 0.5) is 0 Å². The van der Waals surface area contributed by atoms with Gasteiger partial charge in [0.15, 0.2) is 0 Å². The molecule has 2 N–H and O–H groups in total. The molecule has 1 aromatic carbocycles. The van der Waals surface area contributed by atoms with Crippen LogP contribution in [0, 0.1) is 0 Å². The van der Waals surface area contributed by atoms with Crippen LogP contribution in [0.15, 0.2) is 23.1 Å². The monoisotopic (exact) mass is 231 g/mol. The zero-order chi connectivity index (χ0) is 9.35. The van der Waals surface area contributed by atoms with E-state index in [1.807, 2.05) is 0 Å². The van der Waals surface area contributed by atoms with Gasteiger partial charge in [-0.1, -0.05) is 11.6 Å². The van der Waals surface area contributed by atoms with Crippen LogP contribution in [0.5, 0.6) is 5.75 Å². The molecule has 0 amide bonds. The van der Waals surface area contributed by atoms with E-state index in [1.165, 1.54) is 6.07 Å². The number of rotatable bonds is 1. The molecule has 0 unspecified atom stereocenters. The van der Waals surface area contributed by atoms with Crippen molar-refractivity contribution in [2.75, 3.05) is 0 Å². The van der Waals surface area contributed by atoms with Crippen molar-refractivity contribution in [2.24, 2.45) is 0 Å². The predicted molar refractivity (Wildman–Crippen MR) is 48.7 cm³/mol. The first-order valence-electron chi connectivity index (χ1n) is 2.87. The van der Waals surface area contributed by atoms with E-state index in [0.29, 0.717) is 0 Å². The number of halogens is 1. The second-order valence-corrected chi connectivity index (χ2v) is 3.91. The first-order chi connectivity index (χ1) is 5.41. The molecule has 67 valence electrons. The first-order valence-corrected chi connectivity index (χ1v) is 4.69. The molecule has 13 heavy (non-hydrogen) atoms. The molecule has 1 rings (SSSR count). The van der Waals surface area contributed by atoms with Crippen LogP contribution in [0.3, 0.4) is 0 Å². The number of phenols is 1. The van der Waals surface area contributed by atoms with Crippen LogP contribution in [0.25, 0.3) is 0 Å². The fourth-order valence-corrected chi connectivity index (χ4v) is 1.44. The smallest absolute Gasteiger partial charge is 0.298 e. The molecule has 0 aliphatic heterocycles. The summed E-state index contributed by atoms with van der Waals surface area (Å²) in [5, 5.41) is 9.20. The Morgan fingerprint density at radius 3 is 2.23 bits per heavy atom. The SMILES string of the molecule is O=S(=O)(O)c1ccc(Cl)cc1O.[Na]. The standard InChI is InChI=1S/C6H5ClO4S.Na/c7-4-1-2-6(5(8)3-4)12(9,10)11;/h1-3,8H,(H,9,10,11);. The van der Waals surface area contributed by atoms with Gasteiger partial charge >= 0.3 is 0 Å². The Hall–Kier alpha value is 0.220. The Balaban J connectivity index is 0.00000144. The quantitative estimate of drug-likeness (QED) is 0.557. The molecule has 0 spiro atoms. The van der Waals surface area contributed by atoms with Gasteiger partial charge in [-0.2, -0.15) is 8.42 Å². The van der Waals surface area contributed by atoms with Gasteiger partial charge in [0, 0.05) is 34.6 Å². The minimum absolute atomic E-state index is 0. The summed E-state index contributed by atoms with van der Waals surface area (Å²) < 4.78 is 29.6. The molecule has 0 aromatic heterocycles. The molecule has 7 heteroatoms. The summed E-state index contributed by atoms with van der Waals surface area (Å²) >= 11 is 5.43. The molecule has 4 nitrogen and oxygen atoms in total. The summed E-state index contributed by atoms with van der Waals surface area (Å²) in [6, 6.07) is 3.31. The largest absolute Gasteiger partial charge is 0.506 e. The second-order valence-electron chi connectivity index (χ2n) is 2.09. The van der Waals surface area contributed by atoms with Crippen LogP contribution in [0.2, 0.25) is 5.02 Å². The molecule has 0 heterocycles. The van der Waals surface area contributed by atoms with Crippen LogP contribution < -0.4 is 0 Å². The Labute approximate surface area is 103 Å². The summed E-state index contributed by atoms with van der Waals surface area (Å²) in [4.78, 5) is -0.549. The molecular weight excluding hydrogens is 227 g/mol. The van der Waals surface area contributed by atoms with Crippen molar-refractivity contribution in [3.05, 3.63) is 23.2 Å². The predicted octanol–water partition coefficient (Wildman–Crippen LogP) is 0.911. The number of hydrogen-bond acceptors (Lipinski definition) is 3. The molecule has 0 saturated heterocycles. The minimum Gasteiger partial charge on any atom is -0.506 e. The Kier molecular flexibility index (Phi) is 4.71. The average Bonchev–Trinajstić information content (AvgIpc) is 1.83. The van der Waals surface area contributed by atoms with Gasteiger partial charge in [0.2, 0.25) is 0 Å². The normalized spacial score (nSPS) is 10.6. The molecule has 0 saturated carbocycles. The topological polar surface area (TPSA) is 74.6 Å². The summed E-state index contributed by atoms with van der Waals surface area (Å²) in [6.45, 7) is 0. The fourth-order valence-electron chi connectivity index (χ4n) is 0.709. The average molecular weight is 232 g/mol. The van der Waals surface area contributed by atoms with Gasteiger partial charge in [0.1, 0.15) is 10.6 Å². The molecule has 0 aliphatic rings. The van der Waals surface area contributed by atoms with Crippen molar-refractivity contribution < 1.29 is 18.1 Å². The summed E-state index contributed by atoms with van der Waals surface area (Å²) in [6.07, 6.45) is 0. The van der Waals surface area contributed by atoms with Crippen LogP contribution in [0.1, 0.15) is 0 Å². The summed E-state index contributed by atoms with van der Waals surface area (Å²) in [5.74, 6) is -0.565. The van der Waals surface area contributed by atoms with Crippen LogP contribution >= 0.6 is 11.6 Å². The van der Waals surface area contributed by atoms with Crippen molar-refractivity contribution in [2.45, 2.75) is 4.90 Å². The van der Waals surface area contributed by atoms with E-state index >= 15 is 0 Å². The van der Waals surface area contributed by atoms with Gasteiger partial charge in [-0.25, -0.2) is 0 Å². The first kappa shape index (κ1) is 13.2. The third-order valence-electron chi connectivity index (χ3n) is 1.20. The molecule has 0 bridgehead atoms. The maximum atomic E-state index is 10.5. The van der Waals surface area contributed by atoms with Crippen LogP contribution in [-0.2, 0) is 10.1 Å². The van der Waals surface area contributed by atoms with E-state index in [0.717, 1.165) is 12.1 Å². The van der Waals surface area contributed by atoms with Gasteiger partial charge in [-0.3, -0.25) is 4.55 Å². The molecule has 0 fully saturated rings. The molecule has 1 radical (unpaired) electrons. The van der Waals surface area contributed by atoms with Gasteiger partial charge in [-0.05, 0) is 18.2 Å². The Bertz CT molecular complexity index is 403. The van der Waals surface area contributed by atoms with Gasteiger partial charge in [-0.15, -0.1) is 0 Å². The molecule has 0 aliphatic carbocycles. The zero-order valence-corrected chi connectivity index (χ0v) is 10.3. The maximum absolute atomic E-state index is 10.5. The van der Waals surface area contributed by atoms with E-state index in [4.69, 9.17) is 21.3 Å².